The minimum absolute atomic E-state index is 0.0459. The summed E-state index contributed by atoms with van der Waals surface area (Å²) < 4.78 is 48.4. The molecule has 0 spiro atoms. The Morgan fingerprint density at radius 2 is 1.88 bits per heavy atom. The average molecular weight is 718 g/mol. The third-order valence-corrected chi connectivity index (χ3v) is 8.92. The van der Waals surface area contributed by atoms with Crippen LogP contribution in [0.4, 0.5) is 18.9 Å². The molecule has 16 heteroatoms. The Kier molecular flexibility index (Phi) is 12.2. The number of benzene rings is 1. The molecule has 278 valence electrons. The second-order valence-corrected chi connectivity index (χ2v) is 13.1. The fourth-order valence-electron chi connectivity index (χ4n) is 6.16. The molecule has 2 aliphatic rings. The molecule has 6 N–H and O–H groups in total. The molecule has 0 radical (unpaired) electrons. The normalized spacial score (nSPS) is 16.7. The van der Waals surface area contributed by atoms with E-state index in [1.165, 1.54) is 24.8 Å². The maximum atomic E-state index is 14.5. The van der Waals surface area contributed by atoms with Crippen LogP contribution in [0.15, 0.2) is 52.7 Å². The van der Waals surface area contributed by atoms with Gasteiger partial charge in [-0.1, -0.05) is 26.5 Å². The van der Waals surface area contributed by atoms with Crippen LogP contribution in [-0.2, 0) is 34.1 Å². The molecule has 0 aliphatic carbocycles. The maximum absolute atomic E-state index is 14.5. The molecule has 1 fully saturated rings. The van der Waals surface area contributed by atoms with Gasteiger partial charge in [-0.05, 0) is 74.3 Å². The minimum Gasteiger partial charge on any atom is -0.505 e. The van der Waals surface area contributed by atoms with Crippen LogP contribution in [-0.4, -0.2) is 72.8 Å². The van der Waals surface area contributed by atoms with Crippen molar-refractivity contribution < 1.29 is 37.7 Å². The third-order valence-electron chi connectivity index (χ3n) is 8.92. The molecule has 0 unspecified atom stereocenters. The molecule has 2 amide bonds. The minimum atomic E-state index is -4.57. The van der Waals surface area contributed by atoms with Crippen molar-refractivity contribution >= 4 is 23.1 Å². The predicted octanol–water partition coefficient (Wildman–Crippen LogP) is 4.68. The molecule has 3 heterocycles. The molecule has 0 bridgehead atoms. The van der Waals surface area contributed by atoms with Gasteiger partial charge >= 0.3 is 6.18 Å². The lowest BCUT2D eigenvalue weighted by Gasteiger charge is -2.33. The molecule has 1 saturated heterocycles. The lowest BCUT2D eigenvalue weighted by Crippen LogP contribution is -2.41. The van der Waals surface area contributed by atoms with Crippen LogP contribution in [0.2, 0.25) is 0 Å². The first-order valence-corrected chi connectivity index (χ1v) is 16.7. The molecule has 1 aromatic carbocycles. The van der Waals surface area contributed by atoms with Crippen LogP contribution in [0, 0.1) is 0 Å². The van der Waals surface area contributed by atoms with Gasteiger partial charge in [-0.25, -0.2) is 4.68 Å². The number of aliphatic hydroxyl groups is 2. The first-order valence-electron chi connectivity index (χ1n) is 16.7. The van der Waals surface area contributed by atoms with Crippen LogP contribution in [0.3, 0.4) is 0 Å². The monoisotopic (exact) mass is 717 g/mol. The zero-order valence-corrected chi connectivity index (χ0v) is 29.4. The van der Waals surface area contributed by atoms with Crippen molar-refractivity contribution in [3.8, 4) is 0 Å². The Bertz CT molecular complexity index is 1840. The van der Waals surface area contributed by atoms with E-state index < -0.39 is 53.4 Å². The van der Waals surface area contributed by atoms with Crippen molar-refractivity contribution in [1.29, 1.82) is 0 Å². The number of hydrogen-bond donors (Lipinski definition) is 5. The number of rotatable bonds is 9. The molecular weight excluding hydrogens is 671 g/mol. The fraction of sp³-hybridized carbons (Fsp3) is 0.486. The van der Waals surface area contributed by atoms with Gasteiger partial charge in [0.05, 0.1) is 36.1 Å². The second-order valence-electron chi connectivity index (χ2n) is 13.1. The molecule has 1 atom stereocenters. The number of aromatic nitrogens is 4. The number of halogens is 3. The average Bonchev–Trinajstić information content (AvgIpc) is 3.08. The highest BCUT2D eigenvalue weighted by atomic mass is 19.4. The van der Waals surface area contributed by atoms with Gasteiger partial charge in [0, 0.05) is 37.1 Å². The summed E-state index contributed by atoms with van der Waals surface area (Å²) in [6.07, 6.45) is -2.91. The number of anilines is 1. The number of aliphatic hydroxyl groups excluding tert-OH is 2. The number of amides is 2. The van der Waals surface area contributed by atoms with Crippen molar-refractivity contribution in [1.82, 2.24) is 24.5 Å². The number of aryl methyl sites for hydroxylation is 1. The summed E-state index contributed by atoms with van der Waals surface area (Å²) in [5.74, 6) is -2.17. The quantitative estimate of drug-likeness (QED) is 0.141. The Labute approximate surface area is 293 Å². The number of piperidine rings is 1. The van der Waals surface area contributed by atoms with Crippen molar-refractivity contribution in [3.05, 3.63) is 86.4 Å². The van der Waals surface area contributed by atoms with Gasteiger partial charge in [0.25, 0.3) is 11.5 Å². The predicted molar refractivity (Wildman–Crippen MR) is 185 cm³/mol. The van der Waals surface area contributed by atoms with Gasteiger partial charge in [0.1, 0.15) is 12.3 Å². The standard InChI is InChI=1S/C35H46F3N7O6/c1-19(2)26-17-25(35(36,37)38)7-8-27(26)40-28(47)18-45-34(50)29(23-9-13-44(14-10-23)33(49)20(3)31(48)21(4)39)30(22(5)46)41-43(6)32(42-45)24-11-15-51-16-12-24/h7-8,11,17,19,22-23,41,46,48H,3,9-10,12-16,18,39H2,1-2,4-6H3,(H,40,47)/b30-29?,31-21+,42-32?/t22-/m1/s1. The van der Waals surface area contributed by atoms with E-state index in [0.29, 0.717) is 25.5 Å². The number of carbonyl (C=O) groups excluding carboxylic acids is 2. The number of nitrogens with zero attached hydrogens (tertiary/aromatic N) is 4. The van der Waals surface area contributed by atoms with E-state index in [0.717, 1.165) is 22.4 Å². The van der Waals surface area contributed by atoms with Crippen LogP contribution in [0.5, 0.6) is 0 Å². The van der Waals surface area contributed by atoms with Crippen LogP contribution >= 0.6 is 0 Å². The van der Waals surface area contributed by atoms with Gasteiger partial charge in [0.2, 0.25) is 5.91 Å². The Balaban J connectivity index is 1.79. The third kappa shape index (κ3) is 9.10. The zero-order valence-electron chi connectivity index (χ0n) is 29.4. The van der Waals surface area contributed by atoms with E-state index in [1.807, 2.05) is 0 Å². The molecular formula is C35H46F3N7O6. The highest BCUT2D eigenvalue weighted by Crippen LogP contribution is 2.35. The van der Waals surface area contributed by atoms with Gasteiger partial charge in [-0.3, -0.25) is 24.2 Å². The van der Waals surface area contributed by atoms with Gasteiger partial charge in [-0.2, -0.15) is 13.2 Å². The molecule has 51 heavy (non-hydrogen) atoms. The van der Waals surface area contributed by atoms with Crippen molar-refractivity contribution in [2.45, 2.75) is 77.6 Å². The summed E-state index contributed by atoms with van der Waals surface area (Å²) in [7, 11) is 1.66. The highest BCUT2D eigenvalue weighted by molar-refractivity contribution is 5.96. The number of allylic oxidation sites excluding steroid dienone is 1. The molecule has 13 nitrogen and oxygen atoms in total. The molecule has 4 rings (SSSR count). The molecule has 2 aromatic rings. The van der Waals surface area contributed by atoms with E-state index in [1.54, 1.807) is 31.7 Å². The van der Waals surface area contributed by atoms with E-state index in [4.69, 9.17) is 10.5 Å². The van der Waals surface area contributed by atoms with E-state index in [2.05, 4.69) is 22.1 Å². The number of hydrogen-bond acceptors (Lipinski definition) is 8. The van der Waals surface area contributed by atoms with E-state index >= 15 is 0 Å². The summed E-state index contributed by atoms with van der Waals surface area (Å²) in [5.41, 5.74) is 5.52. The van der Waals surface area contributed by atoms with Gasteiger partial charge < -0.3 is 30.9 Å². The summed E-state index contributed by atoms with van der Waals surface area (Å²) in [6.45, 7) is 10.5. The maximum Gasteiger partial charge on any atom is 0.416 e. The SMILES string of the molecule is C=C(C(=O)N1CCC(c2c([C@@H](C)O)[nH]n(C)c(C3=CCOCC3)nn(CC(=O)Nc3ccc(C(F)(F)F)cc3C(C)C)c2=O)CC1)/C(O)=C(/C)N. The highest BCUT2D eigenvalue weighted by Gasteiger charge is 2.33. The zero-order chi connectivity index (χ0) is 37.8. The Hall–Kier alpha value is -4.83. The van der Waals surface area contributed by atoms with E-state index in [-0.39, 0.29) is 65.6 Å². The summed E-state index contributed by atoms with van der Waals surface area (Å²) >= 11 is 0. The number of aromatic amines is 1. The van der Waals surface area contributed by atoms with Crippen LogP contribution < -0.4 is 16.6 Å². The van der Waals surface area contributed by atoms with Crippen LogP contribution in [0.1, 0.15) is 93.1 Å². The number of alkyl halides is 3. The number of carbonyl (C=O) groups is 2. The number of likely N-dealkylation sites (tertiary alicyclic amines) is 1. The lowest BCUT2D eigenvalue weighted by molar-refractivity contribution is -0.137. The largest absolute Gasteiger partial charge is 0.505 e. The topological polar surface area (TPSA) is 181 Å². The molecule has 2 aliphatic heterocycles. The number of nitrogens with two attached hydrogens (primary N) is 1. The van der Waals surface area contributed by atoms with Gasteiger partial charge in [0.15, 0.2) is 5.82 Å². The second kappa shape index (κ2) is 16.0. The number of H-pyrrole nitrogens is 1. The van der Waals surface area contributed by atoms with Crippen molar-refractivity contribution in [2.75, 3.05) is 31.6 Å². The first-order chi connectivity index (χ1) is 23.9. The first kappa shape index (κ1) is 39.0. The summed E-state index contributed by atoms with van der Waals surface area (Å²) in [6, 6.07) is 3.07. The van der Waals surface area contributed by atoms with Gasteiger partial charge in [-0.15, -0.1) is 5.10 Å². The van der Waals surface area contributed by atoms with E-state index in [9.17, 15) is 37.8 Å². The van der Waals surface area contributed by atoms with Crippen LogP contribution in [0.25, 0.3) is 5.57 Å². The summed E-state index contributed by atoms with van der Waals surface area (Å²) in [4.78, 5) is 42.7. The van der Waals surface area contributed by atoms with Crippen molar-refractivity contribution in [3.63, 3.8) is 0 Å². The smallest absolute Gasteiger partial charge is 0.416 e. The molecule has 1 aromatic heterocycles. The Morgan fingerprint density at radius 3 is 2.43 bits per heavy atom. The number of nitrogens with one attached hydrogen (secondary N) is 2. The Morgan fingerprint density at radius 1 is 1.22 bits per heavy atom. The fourth-order valence-corrected chi connectivity index (χ4v) is 6.16. The molecule has 0 saturated carbocycles. The summed E-state index contributed by atoms with van der Waals surface area (Å²) in [5, 5.41) is 31.6. The lowest BCUT2D eigenvalue weighted by atomic mass is 9.88. The van der Waals surface area contributed by atoms with Crippen molar-refractivity contribution in [2.24, 2.45) is 12.8 Å². The number of ether oxygens (including phenoxy) is 1.